The van der Waals surface area contributed by atoms with E-state index in [4.69, 9.17) is 5.11 Å². The van der Waals surface area contributed by atoms with E-state index in [0.717, 1.165) is 24.3 Å². The minimum Gasteiger partial charge on any atom is -0.478 e. The Morgan fingerprint density at radius 3 is 2.76 bits per heavy atom. The van der Waals surface area contributed by atoms with Gasteiger partial charge in [-0.25, -0.2) is 9.18 Å². The van der Waals surface area contributed by atoms with E-state index in [1.54, 1.807) is 11.8 Å². The van der Waals surface area contributed by atoms with E-state index < -0.39 is 17.7 Å². The molecule has 1 aromatic carbocycles. The fourth-order valence-electron chi connectivity index (χ4n) is 1.66. The molecule has 1 atom stereocenters. The van der Waals surface area contributed by atoms with Gasteiger partial charge >= 0.3 is 5.97 Å². The summed E-state index contributed by atoms with van der Waals surface area (Å²) in [6.07, 6.45) is 4.98. The van der Waals surface area contributed by atoms with Gasteiger partial charge in [0.25, 0.3) is 5.91 Å². The molecule has 21 heavy (non-hydrogen) atoms. The Hall–Kier alpha value is -1.82. The van der Waals surface area contributed by atoms with Crippen LogP contribution in [0.4, 0.5) is 4.39 Å². The molecule has 0 saturated carbocycles. The first-order valence-corrected chi connectivity index (χ1v) is 7.83. The molecule has 1 aromatic rings. The predicted octanol–water partition coefficient (Wildman–Crippen LogP) is 2.79. The average Bonchev–Trinajstić information content (AvgIpc) is 2.42. The number of carbonyl (C=O) groups is 2. The Kier molecular flexibility index (Phi) is 6.94. The zero-order valence-corrected chi connectivity index (χ0v) is 12.7. The van der Waals surface area contributed by atoms with Gasteiger partial charge in [0.1, 0.15) is 5.82 Å². The Morgan fingerprint density at radius 1 is 1.48 bits per heavy atom. The van der Waals surface area contributed by atoms with Crippen LogP contribution in [0.2, 0.25) is 0 Å². The van der Waals surface area contributed by atoms with Crippen molar-refractivity contribution in [1.29, 1.82) is 0 Å². The maximum Gasteiger partial charge on any atom is 0.328 e. The van der Waals surface area contributed by atoms with Crippen molar-refractivity contribution in [2.45, 2.75) is 19.4 Å². The zero-order chi connectivity index (χ0) is 15.8. The molecule has 1 rings (SSSR count). The second-order valence-corrected chi connectivity index (χ2v) is 5.55. The molecule has 0 bridgehead atoms. The number of thioether (sulfide) groups is 1. The lowest BCUT2D eigenvalue weighted by Gasteiger charge is -2.13. The molecule has 0 fully saturated rings. The molecule has 2 N–H and O–H groups in total. The third kappa shape index (κ3) is 5.99. The summed E-state index contributed by atoms with van der Waals surface area (Å²) < 4.78 is 13.9. The molecule has 0 aliphatic heterocycles. The van der Waals surface area contributed by atoms with E-state index in [1.807, 2.05) is 13.2 Å². The molecule has 0 saturated heterocycles. The van der Waals surface area contributed by atoms with E-state index >= 15 is 0 Å². The van der Waals surface area contributed by atoms with Gasteiger partial charge in [-0.3, -0.25) is 4.79 Å². The lowest BCUT2D eigenvalue weighted by molar-refractivity contribution is -0.131. The van der Waals surface area contributed by atoms with Crippen molar-refractivity contribution in [2.75, 3.05) is 12.0 Å². The molecule has 0 aliphatic carbocycles. The number of nitrogens with one attached hydrogen (secondary N) is 1. The Morgan fingerprint density at radius 2 is 2.19 bits per heavy atom. The minimum atomic E-state index is -1.11. The van der Waals surface area contributed by atoms with Gasteiger partial charge in [0.2, 0.25) is 0 Å². The number of rotatable bonds is 7. The first-order chi connectivity index (χ1) is 9.93. The number of benzene rings is 1. The van der Waals surface area contributed by atoms with Gasteiger partial charge in [-0.15, -0.1) is 0 Å². The highest BCUT2D eigenvalue weighted by Crippen LogP contribution is 2.12. The van der Waals surface area contributed by atoms with E-state index in [2.05, 4.69) is 5.32 Å². The maximum absolute atomic E-state index is 13.9. The van der Waals surface area contributed by atoms with Gasteiger partial charge in [0, 0.05) is 12.1 Å². The van der Waals surface area contributed by atoms with Gasteiger partial charge in [0.05, 0.1) is 5.56 Å². The van der Waals surface area contributed by atoms with Crippen LogP contribution in [0.3, 0.4) is 0 Å². The van der Waals surface area contributed by atoms with Gasteiger partial charge in [0.15, 0.2) is 0 Å². The standard InChI is InChI=1S/C15H18FNO3S/c1-10(7-8-21-2)17-15(20)12-5-3-11(9-13(12)16)4-6-14(18)19/h3-6,9-10H,7-8H2,1-2H3,(H,17,20)(H,18,19)/b6-4+. The highest BCUT2D eigenvalue weighted by molar-refractivity contribution is 7.98. The number of hydrogen-bond acceptors (Lipinski definition) is 3. The number of carboxylic acid groups (broad SMARTS) is 1. The normalized spacial score (nSPS) is 12.3. The van der Waals surface area contributed by atoms with E-state index in [0.29, 0.717) is 5.56 Å². The summed E-state index contributed by atoms with van der Waals surface area (Å²) in [5.41, 5.74) is 0.348. The number of aliphatic carboxylic acids is 1. The molecule has 114 valence electrons. The first-order valence-electron chi connectivity index (χ1n) is 6.44. The highest BCUT2D eigenvalue weighted by Gasteiger charge is 2.14. The van der Waals surface area contributed by atoms with Crippen molar-refractivity contribution in [3.8, 4) is 0 Å². The van der Waals surface area contributed by atoms with Crippen LogP contribution in [0.5, 0.6) is 0 Å². The predicted molar refractivity (Wildman–Crippen MR) is 83.0 cm³/mol. The molecule has 6 heteroatoms. The monoisotopic (exact) mass is 311 g/mol. The molecule has 0 aliphatic rings. The average molecular weight is 311 g/mol. The molecule has 0 radical (unpaired) electrons. The summed E-state index contributed by atoms with van der Waals surface area (Å²) >= 11 is 1.68. The van der Waals surface area contributed by atoms with Crippen molar-refractivity contribution in [3.63, 3.8) is 0 Å². The summed E-state index contributed by atoms with van der Waals surface area (Å²) in [5, 5.41) is 11.2. The first kappa shape index (κ1) is 17.2. The molecule has 4 nitrogen and oxygen atoms in total. The van der Waals surface area contributed by atoms with Crippen LogP contribution in [0.15, 0.2) is 24.3 Å². The zero-order valence-electron chi connectivity index (χ0n) is 11.9. The van der Waals surface area contributed by atoms with Crippen LogP contribution in [-0.4, -0.2) is 35.0 Å². The fraction of sp³-hybridized carbons (Fsp3) is 0.333. The minimum absolute atomic E-state index is 0.0315. The quantitative estimate of drug-likeness (QED) is 0.760. The number of hydrogen-bond donors (Lipinski definition) is 2. The fourth-order valence-corrected chi connectivity index (χ4v) is 2.24. The van der Waals surface area contributed by atoms with Gasteiger partial charge < -0.3 is 10.4 Å². The van der Waals surface area contributed by atoms with Crippen LogP contribution >= 0.6 is 11.8 Å². The molecule has 0 aromatic heterocycles. The Balaban J connectivity index is 2.75. The van der Waals surface area contributed by atoms with Crippen molar-refractivity contribution in [1.82, 2.24) is 5.32 Å². The maximum atomic E-state index is 13.9. The lowest BCUT2D eigenvalue weighted by atomic mass is 10.1. The van der Waals surface area contributed by atoms with Gasteiger partial charge in [-0.2, -0.15) is 11.8 Å². The van der Waals surface area contributed by atoms with E-state index in [-0.39, 0.29) is 11.6 Å². The van der Waals surface area contributed by atoms with Crippen LogP contribution in [-0.2, 0) is 4.79 Å². The summed E-state index contributed by atoms with van der Waals surface area (Å²) in [4.78, 5) is 22.3. The van der Waals surface area contributed by atoms with E-state index in [1.165, 1.54) is 18.2 Å². The Bertz CT molecular complexity index is 546. The second kappa shape index (κ2) is 8.46. The summed E-state index contributed by atoms with van der Waals surface area (Å²) in [6, 6.07) is 3.97. The lowest BCUT2D eigenvalue weighted by Crippen LogP contribution is -2.33. The summed E-state index contributed by atoms with van der Waals surface area (Å²) in [6.45, 7) is 1.87. The molecule has 1 amide bonds. The van der Waals surface area contributed by atoms with Gasteiger partial charge in [-0.1, -0.05) is 6.07 Å². The number of carbonyl (C=O) groups excluding carboxylic acids is 1. The van der Waals surface area contributed by atoms with Crippen molar-refractivity contribution in [2.24, 2.45) is 0 Å². The second-order valence-electron chi connectivity index (χ2n) is 4.57. The number of carboxylic acids is 1. The summed E-state index contributed by atoms with van der Waals surface area (Å²) in [7, 11) is 0. The molecule has 0 heterocycles. The van der Waals surface area contributed by atoms with Crippen molar-refractivity contribution >= 4 is 29.7 Å². The van der Waals surface area contributed by atoms with Gasteiger partial charge in [-0.05, 0) is 49.1 Å². The largest absolute Gasteiger partial charge is 0.478 e. The smallest absolute Gasteiger partial charge is 0.328 e. The highest BCUT2D eigenvalue weighted by atomic mass is 32.2. The molecule has 0 spiro atoms. The number of amides is 1. The van der Waals surface area contributed by atoms with Crippen molar-refractivity contribution in [3.05, 3.63) is 41.2 Å². The molecular weight excluding hydrogens is 293 g/mol. The third-order valence-corrected chi connectivity index (χ3v) is 3.43. The third-order valence-electron chi connectivity index (χ3n) is 2.79. The number of halogens is 1. The van der Waals surface area contributed by atoms with Crippen LogP contribution in [0, 0.1) is 5.82 Å². The molecule has 1 unspecified atom stereocenters. The van der Waals surface area contributed by atoms with Crippen LogP contribution in [0.1, 0.15) is 29.3 Å². The van der Waals surface area contributed by atoms with E-state index in [9.17, 15) is 14.0 Å². The topological polar surface area (TPSA) is 66.4 Å². The SMILES string of the molecule is CSCCC(C)NC(=O)c1ccc(/C=C/C(=O)O)cc1F. The Labute approximate surface area is 127 Å². The summed E-state index contributed by atoms with van der Waals surface area (Å²) in [5.74, 6) is -1.32. The molecular formula is C15H18FNO3S. The van der Waals surface area contributed by atoms with Crippen LogP contribution < -0.4 is 5.32 Å². The van der Waals surface area contributed by atoms with Crippen molar-refractivity contribution < 1.29 is 19.1 Å². The van der Waals surface area contributed by atoms with Crippen LogP contribution in [0.25, 0.3) is 6.08 Å².